The second kappa shape index (κ2) is 9.44. The van der Waals surface area contributed by atoms with Crippen LogP contribution in [0.1, 0.15) is 18.9 Å². The summed E-state index contributed by atoms with van der Waals surface area (Å²) < 4.78 is 10.5. The largest absolute Gasteiger partial charge is 0.484 e. The Hall–Kier alpha value is -2.86. The Kier molecular flexibility index (Phi) is 6.98. The Morgan fingerprint density at radius 2 is 2.00 bits per heavy atom. The van der Waals surface area contributed by atoms with Gasteiger partial charge in [-0.1, -0.05) is 36.7 Å². The molecule has 1 amide bonds. The highest BCUT2D eigenvalue weighted by atomic mass is 35.5. The van der Waals surface area contributed by atoms with E-state index in [-0.39, 0.29) is 19.0 Å². The van der Waals surface area contributed by atoms with Crippen molar-refractivity contribution in [2.75, 3.05) is 6.61 Å². The third-order valence-electron chi connectivity index (χ3n) is 2.99. The summed E-state index contributed by atoms with van der Waals surface area (Å²) in [7, 11) is 0. The highest BCUT2D eigenvalue weighted by Gasteiger charge is 2.06. The van der Waals surface area contributed by atoms with E-state index in [0.717, 1.165) is 0 Å². The van der Waals surface area contributed by atoms with Crippen LogP contribution in [-0.4, -0.2) is 24.7 Å². The lowest BCUT2D eigenvalue weighted by atomic mass is 10.2. The second-order valence-electron chi connectivity index (χ2n) is 4.90. The van der Waals surface area contributed by atoms with Crippen LogP contribution >= 0.6 is 11.6 Å². The number of carbonyl (C=O) groups is 2. The van der Waals surface area contributed by atoms with E-state index in [4.69, 9.17) is 21.1 Å². The number of nitrogens with zero attached hydrogens (tertiary/aromatic N) is 1. The average molecular weight is 361 g/mol. The number of esters is 1. The third-order valence-corrected chi connectivity index (χ3v) is 3.23. The number of hydrazone groups is 1. The molecule has 1 N–H and O–H groups in total. The molecule has 7 heteroatoms. The zero-order valence-corrected chi connectivity index (χ0v) is 14.3. The highest BCUT2D eigenvalue weighted by molar-refractivity contribution is 6.30. The molecule has 0 radical (unpaired) electrons. The number of ether oxygens (including phenoxy) is 2. The number of halogens is 1. The second-order valence-corrected chi connectivity index (χ2v) is 5.34. The molecule has 2 rings (SSSR count). The average Bonchev–Trinajstić information content (AvgIpc) is 2.61. The molecule has 0 saturated carbocycles. The monoisotopic (exact) mass is 360 g/mol. The van der Waals surface area contributed by atoms with Gasteiger partial charge in [0.1, 0.15) is 11.5 Å². The molecule has 0 spiro atoms. The number of amides is 1. The fourth-order valence-electron chi connectivity index (χ4n) is 1.79. The predicted molar refractivity (Wildman–Crippen MR) is 95.1 cm³/mol. The first-order chi connectivity index (χ1) is 12.1. The lowest BCUT2D eigenvalue weighted by molar-refractivity contribution is -0.134. The molecule has 130 valence electrons. The van der Waals surface area contributed by atoms with E-state index in [1.807, 2.05) is 0 Å². The van der Waals surface area contributed by atoms with Gasteiger partial charge in [-0.25, -0.2) is 5.43 Å². The number of hydrogen-bond acceptors (Lipinski definition) is 5. The molecule has 2 aromatic rings. The summed E-state index contributed by atoms with van der Waals surface area (Å²) in [6.07, 6.45) is 1.67. The standard InChI is InChI=1S/C18H17ClN2O4/c1-2-18(23)25-16-9-4-3-6-13(16)11-20-21-17(22)12-24-15-8-5-7-14(19)10-15/h3-11H,2,12H2,1H3,(H,21,22)/b20-11-. The minimum atomic E-state index is -0.431. The van der Waals surface area contributed by atoms with Gasteiger partial charge < -0.3 is 9.47 Å². The maximum Gasteiger partial charge on any atom is 0.310 e. The number of carbonyl (C=O) groups excluding carboxylic acids is 2. The number of nitrogens with one attached hydrogen (secondary N) is 1. The van der Waals surface area contributed by atoms with Crippen molar-refractivity contribution in [3.63, 3.8) is 0 Å². The van der Waals surface area contributed by atoms with Gasteiger partial charge in [0.25, 0.3) is 5.91 Å². The zero-order valence-electron chi connectivity index (χ0n) is 13.6. The number of para-hydroxylation sites is 1. The first-order valence-corrected chi connectivity index (χ1v) is 7.96. The Labute approximate surface area is 150 Å². The van der Waals surface area contributed by atoms with Gasteiger partial charge in [-0.3, -0.25) is 9.59 Å². The van der Waals surface area contributed by atoms with Gasteiger partial charge in [-0.2, -0.15) is 5.10 Å². The van der Waals surface area contributed by atoms with Crippen molar-refractivity contribution in [2.24, 2.45) is 5.10 Å². The molecule has 0 aromatic heterocycles. The van der Waals surface area contributed by atoms with E-state index in [0.29, 0.717) is 22.1 Å². The third kappa shape index (κ3) is 6.27. The summed E-state index contributed by atoms with van der Waals surface area (Å²) in [5.74, 6) is 0.0880. The van der Waals surface area contributed by atoms with Crippen molar-refractivity contribution in [3.05, 3.63) is 59.1 Å². The van der Waals surface area contributed by atoms with Gasteiger partial charge in [0.2, 0.25) is 0 Å². The Morgan fingerprint density at radius 1 is 1.20 bits per heavy atom. The smallest absolute Gasteiger partial charge is 0.310 e. The van der Waals surface area contributed by atoms with Crippen LogP contribution in [0.2, 0.25) is 5.02 Å². The Morgan fingerprint density at radius 3 is 2.76 bits per heavy atom. The summed E-state index contributed by atoms with van der Waals surface area (Å²) in [6, 6.07) is 13.6. The molecular formula is C18H17ClN2O4. The van der Waals surface area contributed by atoms with Crippen molar-refractivity contribution >= 4 is 29.7 Å². The highest BCUT2D eigenvalue weighted by Crippen LogP contribution is 2.17. The molecule has 0 heterocycles. The molecule has 0 bridgehead atoms. The van der Waals surface area contributed by atoms with E-state index in [1.165, 1.54) is 6.21 Å². The molecule has 2 aromatic carbocycles. The zero-order chi connectivity index (χ0) is 18.1. The van der Waals surface area contributed by atoms with E-state index < -0.39 is 5.91 Å². The van der Waals surface area contributed by atoms with E-state index in [2.05, 4.69) is 10.5 Å². The first kappa shape index (κ1) is 18.5. The predicted octanol–water partition coefficient (Wildman–Crippen LogP) is 3.18. The summed E-state index contributed by atoms with van der Waals surface area (Å²) in [5.41, 5.74) is 2.91. The van der Waals surface area contributed by atoms with Crippen LogP contribution in [-0.2, 0) is 9.59 Å². The summed E-state index contributed by atoms with van der Waals surface area (Å²) >= 11 is 5.83. The fraction of sp³-hybridized carbons (Fsp3) is 0.167. The minimum absolute atomic E-state index is 0.204. The normalized spacial score (nSPS) is 10.5. The molecule has 0 aliphatic carbocycles. The maximum absolute atomic E-state index is 11.7. The minimum Gasteiger partial charge on any atom is -0.484 e. The molecule has 0 fully saturated rings. The topological polar surface area (TPSA) is 77.0 Å². The van der Waals surface area contributed by atoms with Crippen molar-refractivity contribution in [3.8, 4) is 11.5 Å². The van der Waals surface area contributed by atoms with Gasteiger partial charge in [0.15, 0.2) is 6.61 Å². The van der Waals surface area contributed by atoms with E-state index in [9.17, 15) is 9.59 Å². The van der Waals surface area contributed by atoms with E-state index >= 15 is 0 Å². The van der Waals surface area contributed by atoms with Gasteiger partial charge in [-0.15, -0.1) is 0 Å². The van der Waals surface area contributed by atoms with E-state index in [1.54, 1.807) is 55.5 Å². The molecule has 0 atom stereocenters. The fourth-order valence-corrected chi connectivity index (χ4v) is 1.97. The SMILES string of the molecule is CCC(=O)Oc1ccccc1/C=N\NC(=O)COc1cccc(Cl)c1. The Bertz CT molecular complexity index is 777. The van der Waals surface area contributed by atoms with Gasteiger partial charge in [0.05, 0.1) is 6.21 Å². The first-order valence-electron chi connectivity index (χ1n) is 7.58. The Balaban J connectivity index is 1.88. The van der Waals surface area contributed by atoms with Crippen LogP contribution in [0.5, 0.6) is 11.5 Å². The summed E-state index contributed by atoms with van der Waals surface area (Å²) in [6.45, 7) is 1.50. The van der Waals surface area contributed by atoms with Crippen molar-refractivity contribution in [2.45, 2.75) is 13.3 Å². The van der Waals surface area contributed by atoms with Gasteiger partial charge in [0, 0.05) is 17.0 Å². The number of rotatable bonds is 7. The maximum atomic E-state index is 11.7. The molecule has 0 unspecified atom stereocenters. The van der Waals surface area contributed by atoms with Crippen LogP contribution in [0, 0.1) is 0 Å². The lowest BCUT2D eigenvalue weighted by Crippen LogP contribution is -2.24. The molecule has 25 heavy (non-hydrogen) atoms. The lowest BCUT2D eigenvalue weighted by Gasteiger charge is -2.06. The molecule has 0 aliphatic rings. The number of benzene rings is 2. The quantitative estimate of drug-likeness (QED) is 0.356. The van der Waals surface area contributed by atoms with Gasteiger partial charge in [-0.05, 0) is 30.3 Å². The molecule has 6 nitrogen and oxygen atoms in total. The molecule has 0 aliphatic heterocycles. The number of hydrogen-bond donors (Lipinski definition) is 1. The van der Waals surface area contributed by atoms with Crippen molar-refractivity contribution < 1.29 is 19.1 Å². The van der Waals surface area contributed by atoms with Crippen molar-refractivity contribution in [1.29, 1.82) is 0 Å². The summed E-state index contributed by atoms with van der Waals surface area (Å²) in [5, 5.41) is 4.37. The van der Waals surface area contributed by atoms with Crippen LogP contribution in [0.4, 0.5) is 0 Å². The van der Waals surface area contributed by atoms with Crippen LogP contribution in [0.25, 0.3) is 0 Å². The van der Waals surface area contributed by atoms with Gasteiger partial charge >= 0.3 is 5.97 Å². The van der Waals surface area contributed by atoms with Crippen LogP contribution in [0.3, 0.4) is 0 Å². The van der Waals surface area contributed by atoms with Crippen molar-refractivity contribution in [1.82, 2.24) is 5.43 Å². The van der Waals surface area contributed by atoms with Crippen LogP contribution < -0.4 is 14.9 Å². The molecular weight excluding hydrogens is 344 g/mol. The van der Waals surface area contributed by atoms with Crippen LogP contribution in [0.15, 0.2) is 53.6 Å². The molecule has 0 saturated heterocycles. The summed E-state index contributed by atoms with van der Waals surface area (Å²) in [4.78, 5) is 23.1.